The Morgan fingerprint density at radius 3 is 1.92 bits per heavy atom. The number of hydroxylamine groups is 3. The van der Waals surface area contributed by atoms with Crippen molar-refractivity contribution in [2.75, 3.05) is 7.05 Å². The molecule has 0 aromatic heterocycles. The molecule has 1 heterocycles. The quantitative estimate of drug-likeness (QED) is 0.406. The van der Waals surface area contributed by atoms with E-state index in [0.717, 1.165) is 12.8 Å². The maximum absolute atomic E-state index is 12.1. The fraction of sp³-hybridized carbons (Fsp3) is 1.00. The van der Waals surface area contributed by atoms with Gasteiger partial charge in [0.1, 0.15) is 0 Å². The highest BCUT2D eigenvalue weighted by Crippen LogP contribution is 2.39. The van der Waals surface area contributed by atoms with Gasteiger partial charge in [-0.05, 0) is 6.92 Å². The largest absolute Gasteiger partial charge is 0.633 e. The van der Waals surface area contributed by atoms with E-state index < -0.39 is 0 Å². The van der Waals surface area contributed by atoms with Crippen LogP contribution in [0.2, 0.25) is 0 Å². The number of rotatable bonds is 0. The summed E-state index contributed by atoms with van der Waals surface area (Å²) in [4.78, 5) is 0. The maximum Gasteiger partial charge on any atom is 0.0938 e. The van der Waals surface area contributed by atoms with Crippen molar-refractivity contribution in [3.05, 3.63) is 5.21 Å². The molecule has 0 bridgehead atoms. The van der Waals surface area contributed by atoms with Crippen LogP contribution in [0.15, 0.2) is 0 Å². The van der Waals surface area contributed by atoms with Gasteiger partial charge in [0.05, 0.1) is 19.1 Å². The first-order chi connectivity index (χ1) is 5.26. The van der Waals surface area contributed by atoms with E-state index in [1.807, 2.05) is 7.05 Å². The standard InChI is InChI=1S/C10H21NO/c1-8-6-7-9(10(2,3)4)11(8,5)12/h8-9H,6-7H2,1-5H3/t8-,9+,11?/m1/s1. The smallest absolute Gasteiger partial charge is 0.0938 e. The molecule has 0 aromatic rings. The van der Waals surface area contributed by atoms with Crippen molar-refractivity contribution in [2.45, 2.75) is 52.6 Å². The van der Waals surface area contributed by atoms with Crippen LogP contribution in [0.3, 0.4) is 0 Å². The van der Waals surface area contributed by atoms with Gasteiger partial charge in [0.15, 0.2) is 0 Å². The molecule has 1 rings (SSSR count). The molecule has 0 amide bonds. The van der Waals surface area contributed by atoms with Gasteiger partial charge in [-0.2, -0.15) is 0 Å². The SMILES string of the molecule is C[C@@H]1CC[C@@H](C(C)(C)C)[N+]1(C)[O-]. The Morgan fingerprint density at radius 2 is 1.75 bits per heavy atom. The zero-order valence-corrected chi connectivity index (χ0v) is 8.92. The van der Waals surface area contributed by atoms with Crippen molar-refractivity contribution in [2.24, 2.45) is 5.41 Å². The third kappa shape index (κ3) is 1.50. The lowest BCUT2D eigenvalue weighted by Crippen LogP contribution is -2.52. The fourth-order valence-corrected chi connectivity index (χ4v) is 2.42. The molecule has 72 valence electrons. The normalized spacial score (nSPS) is 43.5. The third-order valence-corrected chi connectivity index (χ3v) is 3.35. The van der Waals surface area contributed by atoms with Gasteiger partial charge in [-0.1, -0.05) is 20.8 Å². The van der Waals surface area contributed by atoms with Gasteiger partial charge in [0.25, 0.3) is 0 Å². The third-order valence-electron chi connectivity index (χ3n) is 3.35. The summed E-state index contributed by atoms with van der Waals surface area (Å²) in [6.07, 6.45) is 2.17. The van der Waals surface area contributed by atoms with Crippen LogP contribution in [0.4, 0.5) is 0 Å². The zero-order chi connectivity index (χ0) is 9.57. The first-order valence-corrected chi connectivity index (χ1v) is 4.83. The zero-order valence-electron chi connectivity index (χ0n) is 8.92. The van der Waals surface area contributed by atoms with Crippen molar-refractivity contribution in [3.8, 4) is 0 Å². The van der Waals surface area contributed by atoms with Crippen molar-refractivity contribution in [1.82, 2.24) is 0 Å². The molecule has 1 saturated heterocycles. The van der Waals surface area contributed by atoms with Crippen molar-refractivity contribution < 1.29 is 4.65 Å². The molecule has 1 aliphatic heterocycles. The molecular weight excluding hydrogens is 150 g/mol. The molecule has 1 unspecified atom stereocenters. The highest BCUT2D eigenvalue weighted by Gasteiger charge is 2.43. The molecule has 0 radical (unpaired) electrons. The van der Waals surface area contributed by atoms with Gasteiger partial charge in [-0.25, -0.2) is 0 Å². The lowest BCUT2D eigenvalue weighted by molar-refractivity contribution is -0.901. The van der Waals surface area contributed by atoms with Gasteiger partial charge >= 0.3 is 0 Å². The maximum atomic E-state index is 12.1. The first kappa shape index (κ1) is 10.0. The van der Waals surface area contributed by atoms with Crippen molar-refractivity contribution in [1.29, 1.82) is 0 Å². The molecule has 2 nitrogen and oxygen atoms in total. The van der Waals surface area contributed by atoms with E-state index in [1.54, 1.807) is 0 Å². The van der Waals surface area contributed by atoms with Gasteiger partial charge in [-0.15, -0.1) is 0 Å². The van der Waals surface area contributed by atoms with Crippen LogP contribution < -0.4 is 0 Å². The second-order valence-electron chi connectivity index (χ2n) is 5.37. The predicted molar refractivity (Wildman–Crippen MR) is 51.5 cm³/mol. The molecule has 1 fully saturated rings. The Hall–Kier alpha value is -0.0800. The van der Waals surface area contributed by atoms with E-state index in [0.29, 0.717) is 0 Å². The van der Waals surface area contributed by atoms with E-state index in [2.05, 4.69) is 27.7 Å². The van der Waals surface area contributed by atoms with Crippen LogP contribution in [-0.4, -0.2) is 23.8 Å². The van der Waals surface area contributed by atoms with Crippen molar-refractivity contribution in [3.63, 3.8) is 0 Å². The van der Waals surface area contributed by atoms with Crippen LogP contribution in [0.5, 0.6) is 0 Å². The summed E-state index contributed by atoms with van der Waals surface area (Å²) in [5.74, 6) is 0. The average molecular weight is 171 g/mol. The number of nitrogens with zero attached hydrogens (tertiary/aromatic N) is 1. The average Bonchev–Trinajstić information content (AvgIpc) is 2.06. The van der Waals surface area contributed by atoms with Crippen LogP contribution in [-0.2, 0) is 0 Å². The van der Waals surface area contributed by atoms with E-state index >= 15 is 0 Å². The summed E-state index contributed by atoms with van der Waals surface area (Å²) < 4.78 is -0.0382. The molecule has 2 heteroatoms. The Bertz CT molecular complexity index is 169. The number of hydrogen-bond acceptors (Lipinski definition) is 1. The molecule has 1 aliphatic rings. The minimum absolute atomic E-state index is 0.0382. The van der Waals surface area contributed by atoms with Crippen LogP contribution in [0, 0.1) is 10.6 Å². The lowest BCUT2D eigenvalue weighted by Gasteiger charge is -2.49. The van der Waals surface area contributed by atoms with Crippen LogP contribution in [0.1, 0.15) is 40.5 Å². The number of likely N-dealkylation sites (tertiary alicyclic amines) is 1. The van der Waals surface area contributed by atoms with E-state index in [9.17, 15) is 5.21 Å². The highest BCUT2D eigenvalue weighted by atomic mass is 16.5. The highest BCUT2D eigenvalue weighted by molar-refractivity contribution is 4.82. The van der Waals surface area contributed by atoms with Crippen LogP contribution in [0.25, 0.3) is 0 Å². The van der Waals surface area contributed by atoms with Crippen LogP contribution >= 0.6 is 0 Å². The Morgan fingerprint density at radius 1 is 1.25 bits per heavy atom. The van der Waals surface area contributed by atoms with Crippen molar-refractivity contribution >= 4 is 0 Å². The molecular formula is C10H21NO. The van der Waals surface area contributed by atoms with E-state index in [4.69, 9.17) is 0 Å². The van der Waals surface area contributed by atoms with E-state index in [1.165, 1.54) is 0 Å². The second kappa shape index (κ2) is 2.71. The molecule has 12 heavy (non-hydrogen) atoms. The molecule has 0 aromatic carbocycles. The molecule has 0 spiro atoms. The second-order valence-corrected chi connectivity index (χ2v) is 5.37. The molecule has 3 atom stereocenters. The topological polar surface area (TPSA) is 23.1 Å². The summed E-state index contributed by atoms with van der Waals surface area (Å²) >= 11 is 0. The van der Waals surface area contributed by atoms with Gasteiger partial charge in [0, 0.05) is 18.3 Å². The molecule has 0 saturated carbocycles. The summed E-state index contributed by atoms with van der Waals surface area (Å²) in [5.41, 5.74) is 0.154. The first-order valence-electron chi connectivity index (χ1n) is 4.83. The summed E-state index contributed by atoms with van der Waals surface area (Å²) in [6.45, 7) is 8.58. The number of quaternary nitrogens is 1. The fourth-order valence-electron chi connectivity index (χ4n) is 2.42. The minimum Gasteiger partial charge on any atom is -0.633 e. The molecule has 0 aliphatic carbocycles. The lowest BCUT2D eigenvalue weighted by atomic mass is 9.85. The Labute approximate surface area is 75.7 Å². The Balaban J connectivity index is 2.82. The van der Waals surface area contributed by atoms with Gasteiger partial charge in [-0.3, -0.25) is 0 Å². The summed E-state index contributed by atoms with van der Waals surface area (Å²) in [5, 5.41) is 12.1. The predicted octanol–water partition coefficient (Wildman–Crippen LogP) is 2.53. The summed E-state index contributed by atoms with van der Waals surface area (Å²) in [7, 11) is 1.83. The van der Waals surface area contributed by atoms with Gasteiger partial charge in [0.2, 0.25) is 0 Å². The minimum atomic E-state index is -0.0382. The Kier molecular flexibility index (Phi) is 2.26. The monoisotopic (exact) mass is 171 g/mol. The number of hydrogen-bond donors (Lipinski definition) is 0. The molecule has 0 N–H and O–H groups in total. The van der Waals surface area contributed by atoms with E-state index in [-0.39, 0.29) is 22.1 Å². The summed E-state index contributed by atoms with van der Waals surface area (Å²) in [6, 6.07) is 0.571. The van der Waals surface area contributed by atoms with Gasteiger partial charge < -0.3 is 9.85 Å².